The minimum absolute atomic E-state index is 0.0646. The van der Waals surface area contributed by atoms with Gasteiger partial charge in [-0.25, -0.2) is 0 Å². The highest BCUT2D eigenvalue weighted by Crippen LogP contribution is 2.27. The Balaban J connectivity index is 1.81. The summed E-state index contributed by atoms with van der Waals surface area (Å²) in [6.07, 6.45) is 3.08. The highest BCUT2D eigenvalue weighted by atomic mass is 16.5. The average Bonchev–Trinajstić information content (AvgIpc) is 3.22. The van der Waals surface area contributed by atoms with Crippen LogP contribution >= 0.6 is 0 Å². The quantitative estimate of drug-likeness (QED) is 0.793. The summed E-state index contributed by atoms with van der Waals surface area (Å²) in [5.41, 5.74) is 5.49. The Morgan fingerprint density at radius 2 is 2.06 bits per heavy atom. The van der Waals surface area contributed by atoms with Gasteiger partial charge in [-0.1, -0.05) is 18.2 Å². The zero-order chi connectivity index (χ0) is 12.8. The van der Waals surface area contributed by atoms with E-state index in [9.17, 15) is 4.79 Å². The van der Waals surface area contributed by atoms with E-state index in [2.05, 4.69) is 0 Å². The van der Waals surface area contributed by atoms with Crippen LogP contribution in [0.5, 0.6) is 5.75 Å². The first-order chi connectivity index (χ1) is 8.81. The molecule has 1 aliphatic carbocycles. The number of carbonyl (C=O) groups excluding carboxylic acids is 1. The predicted octanol–water partition coefficient (Wildman–Crippen LogP) is 1.41. The van der Waals surface area contributed by atoms with Crippen molar-refractivity contribution in [2.24, 2.45) is 5.73 Å². The first-order valence-corrected chi connectivity index (χ1v) is 6.48. The first kappa shape index (κ1) is 12.9. The largest absolute Gasteiger partial charge is 0.484 e. The fourth-order valence-corrected chi connectivity index (χ4v) is 1.90. The predicted molar refractivity (Wildman–Crippen MR) is 70.3 cm³/mol. The maximum absolute atomic E-state index is 12.1. The topological polar surface area (TPSA) is 55.6 Å². The lowest BCUT2D eigenvalue weighted by atomic mass is 10.3. The third kappa shape index (κ3) is 3.74. The average molecular weight is 248 g/mol. The number of hydrogen-bond donors (Lipinski definition) is 1. The molecule has 98 valence electrons. The molecule has 1 saturated carbocycles. The lowest BCUT2D eigenvalue weighted by Gasteiger charge is -2.22. The van der Waals surface area contributed by atoms with Gasteiger partial charge in [-0.2, -0.15) is 0 Å². The van der Waals surface area contributed by atoms with E-state index in [-0.39, 0.29) is 12.5 Å². The molecule has 2 N–H and O–H groups in total. The van der Waals surface area contributed by atoms with Crippen LogP contribution in [-0.2, 0) is 4.79 Å². The van der Waals surface area contributed by atoms with E-state index in [4.69, 9.17) is 10.5 Å². The summed E-state index contributed by atoms with van der Waals surface area (Å²) in [6.45, 7) is 1.49. The van der Waals surface area contributed by atoms with Crippen molar-refractivity contribution in [3.05, 3.63) is 30.3 Å². The molecule has 0 bridgehead atoms. The molecule has 2 rings (SSSR count). The summed E-state index contributed by atoms with van der Waals surface area (Å²) in [6, 6.07) is 9.85. The van der Waals surface area contributed by atoms with Gasteiger partial charge in [-0.3, -0.25) is 4.79 Å². The molecule has 0 radical (unpaired) electrons. The number of carbonyl (C=O) groups is 1. The van der Waals surface area contributed by atoms with Crippen molar-refractivity contribution in [3.8, 4) is 5.75 Å². The summed E-state index contributed by atoms with van der Waals surface area (Å²) in [7, 11) is 0. The Labute approximate surface area is 108 Å². The standard InChI is InChI=1S/C14H20N2O2/c15-9-4-10-16(12-7-8-12)14(17)11-18-13-5-2-1-3-6-13/h1-3,5-6,12H,4,7-11,15H2. The van der Waals surface area contributed by atoms with Gasteiger partial charge in [0, 0.05) is 12.6 Å². The number of para-hydroxylation sites is 1. The van der Waals surface area contributed by atoms with Gasteiger partial charge in [-0.15, -0.1) is 0 Å². The zero-order valence-electron chi connectivity index (χ0n) is 10.5. The zero-order valence-corrected chi connectivity index (χ0v) is 10.5. The Bertz CT molecular complexity index is 377. The van der Waals surface area contributed by atoms with E-state index >= 15 is 0 Å². The highest BCUT2D eigenvalue weighted by Gasteiger charge is 2.32. The summed E-state index contributed by atoms with van der Waals surface area (Å²) in [5.74, 6) is 0.801. The van der Waals surface area contributed by atoms with Crippen LogP contribution in [0.3, 0.4) is 0 Å². The SMILES string of the molecule is NCCCN(C(=O)COc1ccccc1)C1CC1. The minimum Gasteiger partial charge on any atom is -0.484 e. The van der Waals surface area contributed by atoms with E-state index in [0.29, 0.717) is 12.6 Å². The van der Waals surface area contributed by atoms with Gasteiger partial charge in [-0.05, 0) is 37.9 Å². The van der Waals surface area contributed by atoms with Crippen LogP contribution in [0.1, 0.15) is 19.3 Å². The molecule has 0 aromatic heterocycles. The summed E-state index contributed by atoms with van der Waals surface area (Å²) in [5, 5.41) is 0. The number of amides is 1. The van der Waals surface area contributed by atoms with Crippen molar-refractivity contribution < 1.29 is 9.53 Å². The molecule has 0 saturated heterocycles. The maximum Gasteiger partial charge on any atom is 0.260 e. The van der Waals surface area contributed by atoms with E-state index in [0.717, 1.165) is 31.6 Å². The molecule has 4 heteroatoms. The highest BCUT2D eigenvalue weighted by molar-refractivity contribution is 5.78. The van der Waals surface area contributed by atoms with Gasteiger partial charge >= 0.3 is 0 Å². The third-order valence-corrected chi connectivity index (χ3v) is 3.02. The van der Waals surface area contributed by atoms with Gasteiger partial charge in [0.1, 0.15) is 5.75 Å². The molecule has 18 heavy (non-hydrogen) atoms. The molecule has 1 aromatic carbocycles. The first-order valence-electron chi connectivity index (χ1n) is 6.48. The second-order valence-electron chi connectivity index (χ2n) is 4.56. The summed E-state index contributed by atoms with van der Waals surface area (Å²) < 4.78 is 5.48. The fraction of sp³-hybridized carbons (Fsp3) is 0.500. The smallest absolute Gasteiger partial charge is 0.260 e. The number of rotatable bonds is 7. The van der Waals surface area contributed by atoms with Crippen LogP contribution in [0.25, 0.3) is 0 Å². The van der Waals surface area contributed by atoms with Gasteiger partial charge in [0.05, 0.1) is 0 Å². The number of hydrogen-bond acceptors (Lipinski definition) is 3. The van der Waals surface area contributed by atoms with Crippen LogP contribution in [0.15, 0.2) is 30.3 Å². The summed E-state index contributed by atoms with van der Waals surface area (Å²) in [4.78, 5) is 14.0. The second kappa shape index (κ2) is 6.40. The monoisotopic (exact) mass is 248 g/mol. The number of nitrogens with two attached hydrogens (primary N) is 1. The van der Waals surface area contributed by atoms with Crippen LogP contribution in [0.4, 0.5) is 0 Å². The van der Waals surface area contributed by atoms with Crippen molar-refractivity contribution in [1.82, 2.24) is 4.90 Å². The van der Waals surface area contributed by atoms with Crippen LogP contribution in [-0.4, -0.2) is 36.5 Å². The van der Waals surface area contributed by atoms with E-state index in [1.807, 2.05) is 35.2 Å². The molecular formula is C14H20N2O2. The normalized spacial score (nSPS) is 14.3. The number of benzene rings is 1. The Hall–Kier alpha value is -1.55. The van der Waals surface area contributed by atoms with Crippen molar-refractivity contribution in [1.29, 1.82) is 0 Å². The van der Waals surface area contributed by atoms with Gasteiger partial charge < -0.3 is 15.4 Å². The van der Waals surface area contributed by atoms with E-state index < -0.39 is 0 Å². The van der Waals surface area contributed by atoms with Gasteiger partial charge in [0.2, 0.25) is 0 Å². The van der Waals surface area contributed by atoms with Crippen molar-refractivity contribution in [2.45, 2.75) is 25.3 Å². The molecule has 0 unspecified atom stereocenters. The minimum atomic E-state index is 0.0646. The summed E-state index contributed by atoms with van der Waals surface area (Å²) >= 11 is 0. The molecule has 1 amide bonds. The van der Waals surface area contributed by atoms with Crippen LogP contribution in [0, 0.1) is 0 Å². The van der Waals surface area contributed by atoms with Crippen molar-refractivity contribution >= 4 is 5.91 Å². The lowest BCUT2D eigenvalue weighted by molar-refractivity contribution is -0.134. The van der Waals surface area contributed by atoms with E-state index in [1.165, 1.54) is 0 Å². The molecule has 4 nitrogen and oxygen atoms in total. The molecule has 0 aliphatic heterocycles. The number of ether oxygens (including phenoxy) is 1. The molecule has 0 atom stereocenters. The van der Waals surface area contributed by atoms with Crippen LogP contribution in [0.2, 0.25) is 0 Å². The Morgan fingerprint density at radius 1 is 1.33 bits per heavy atom. The fourth-order valence-electron chi connectivity index (χ4n) is 1.90. The second-order valence-corrected chi connectivity index (χ2v) is 4.56. The van der Waals surface area contributed by atoms with Crippen molar-refractivity contribution in [2.75, 3.05) is 19.7 Å². The number of nitrogens with zero attached hydrogens (tertiary/aromatic N) is 1. The van der Waals surface area contributed by atoms with Gasteiger partial charge in [0.25, 0.3) is 5.91 Å². The third-order valence-electron chi connectivity index (χ3n) is 3.02. The van der Waals surface area contributed by atoms with Crippen LogP contribution < -0.4 is 10.5 Å². The molecule has 1 aliphatic rings. The van der Waals surface area contributed by atoms with Gasteiger partial charge in [0.15, 0.2) is 6.61 Å². The van der Waals surface area contributed by atoms with Crippen molar-refractivity contribution in [3.63, 3.8) is 0 Å². The molecule has 0 heterocycles. The molecule has 0 spiro atoms. The maximum atomic E-state index is 12.1. The van der Waals surface area contributed by atoms with E-state index in [1.54, 1.807) is 0 Å². The molecular weight excluding hydrogens is 228 g/mol. The lowest BCUT2D eigenvalue weighted by Crippen LogP contribution is -2.38. The molecule has 1 aromatic rings. The Morgan fingerprint density at radius 3 is 2.67 bits per heavy atom. The molecule has 1 fully saturated rings. The Kier molecular flexibility index (Phi) is 4.59.